The third-order valence-corrected chi connectivity index (χ3v) is 5.93. The van der Waals surface area contributed by atoms with Crippen LogP contribution in [0.5, 0.6) is 5.75 Å². The van der Waals surface area contributed by atoms with Gasteiger partial charge < -0.3 is 14.4 Å². The van der Waals surface area contributed by atoms with Gasteiger partial charge in [-0.05, 0) is 67.8 Å². The van der Waals surface area contributed by atoms with Crippen molar-refractivity contribution in [1.82, 2.24) is 0 Å². The first kappa shape index (κ1) is 28.4. The first-order valence-corrected chi connectivity index (χ1v) is 12.5. The van der Waals surface area contributed by atoms with E-state index < -0.39 is 4.92 Å². The Hall–Kier alpha value is -4.18. The third-order valence-electron chi connectivity index (χ3n) is 5.93. The van der Waals surface area contributed by atoms with E-state index in [1.54, 1.807) is 38.3 Å². The highest BCUT2D eigenvalue weighted by molar-refractivity contribution is 5.64. The van der Waals surface area contributed by atoms with Crippen molar-refractivity contribution in [1.29, 1.82) is 0 Å². The van der Waals surface area contributed by atoms with E-state index in [0.717, 1.165) is 42.7 Å². The number of aryl methyl sites for hydroxylation is 2. The molecule has 10 nitrogen and oxygen atoms in total. The van der Waals surface area contributed by atoms with Crippen molar-refractivity contribution >= 4 is 34.1 Å². The molecule has 0 amide bonds. The van der Waals surface area contributed by atoms with Crippen molar-refractivity contribution in [2.24, 2.45) is 20.5 Å². The van der Waals surface area contributed by atoms with Crippen LogP contribution in [-0.2, 0) is 4.74 Å². The van der Waals surface area contributed by atoms with Crippen LogP contribution in [-0.4, -0.2) is 38.8 Å². The SMILES string of the molecule is CCCCN(CCOC)c1ccc(N=Nc2cc(C)c(N=Nc3ccc(C)cc3[N+](=O)[O-])cc2OC)cc1. The Kier molecular flexibility index (Phi) is 10.4. The van der Waals surface area contributed by atoms with Crippen molar-refractivity contribution in [3.63, 3.8) is 0 Å². The molecular weight excluding hydrogens is 484 g/mol. The normalized spacial score (nSPS) is 11.4. The molecule has 3 aromatic carbocycles. The maximum Gasteiger partial charge on any atom is 0.296 e. The Morgan fingerprint density at radius 1 is 0.868 bits per heavy atom. The molecule has 3 aromatic rings. The zero-order valence-electron chi connectivity index (χ0n) is 22.5. The Morgan fingerprint density at radius 2 is 1.58 bits per heavy atom. The summed E-state index contributed by atoms with van der Waals surface area (Å²) in [5.41, 5.74) is 4.53. The summed E-state index contributed by atoms with van der Waals surface area (Å²) in [5, 5.41) is 28.5. The van der Waals surface area contributed by atoms with Crippen LogP contribution in [0.25, 0.3) is 0 Å². The number of nitrogens with zero attached hydrogens (tertiary/aromatic N) is 6. The number of anilines is 1. The molecule has 0 fully saturated rings. The van der Waals surface area contributed by atoms with Crippen molar-refractivity contribution in [2.75, 3.05) is 38.8 Å². The molecule has 0 N–H and O–H groups in total. The van der Waals surface area contributed by atoms with Gasteiger partial charge in [0.25, 0.3) is 5.69 Å². The molecule has 38 heavy (non-hydrogen) atoms. The van der Waals surface area contributed by atoms with Crippen LogP contribution in [0.1, 0.15) is 30.9 Å². The predicted molar refractivity (Wildman–Crippen MR) is 149 cm³/mol. The van der Waals surface area contributed by atoms with Crippen LogP contribution in [0, 0.1) is 24.0 Å². The summed E-state index contributed by atoms with van der Waals surface area (Å²) in [5.74, 6) is 0.466. The van der Waals surface area contributed by atoms with Gasteiger partial charge in [0.05, 0.1) is 30.0 Å². The molecule has 0 saturated carbocycles. The fourth-order valence-corrected chi connectivity index (χ4v) is 3.75. The lowest BCUT2D eigenvalue weighted by Gasteiger charge is -2.24. The van der Waals surface area contributed by atoms with E-state index in [1.165, 1.54) is 13.2 Å². The number of hydrogen-bond donors (Lipinski definition) is 0. The molecule has 3 rings (SSSR count). The van der Waals surface area contributed by atoms with Gasteiger partial charge in [0.1, 0.15) is 11.4 Å². The number of ether oxygens (including phenoxy) is 2. The number of rotatable bonds is 13. The van der Waals surface area contributed by atoms with Crippen molar-refractivity contribution < 1.29 is 14.4 Å². The number of unbranched alkanes of at least 4 members (excludes halogenated alkanes) is 1. The molecule has 0 aromatic heterocycles. The molecule has 0 aliphatic rings. The second-order valence-corrected chi connectivity index (χ2v) is 8.81. The summed E-state index contributed by atoms with van der Waals surface area (Å²) in [4.78, 5) is 13.2. The van der Waals surface area contributed by atoms with Gasteiger partial charge in [-0.15, -0.1) is 15.3 Å². The van der Waals surface area contributed by atoms with Crippen molar-refractivity contribution in [2.45, 2.75) is 33.6 Å². The molecule has 0 aliphatic heterocycles. The number of hydrogen-bond acceptors (Lipinski definition) is 9. The van der Waals surface area contributed by atoms with Crippen LogP contribution in [0.4, 0.5) is 34.1 Å². The maximum atomic E-state index is 11.4. The fraction of sp³-hybridized carbons (Fsp3) is 0.357. The maximum absolute atomic E-state index is 11.4. The number of benzene rings is 3. The lowest BCUT2D eigenvalue weighted by molar-refractivity contribution is -0.384. The largest absolute Gasteiger partial charge is 0.494 e. The van der Waals surface area contributed by atoms with Gasteiger partial charge in [0, 0.05) is 38.0 Å². The van der Waals surface area contributed by atoms with Gasteiger partial charge >= 0.3 is 0 Å². The highest BCUT2D eigenvalue weighted by atomic mass is 16.6. The Balaban J connectivity index is 1.80. The lowest BCUT2D eigenvalue weighted by Crippen LogP contribution is -2.28. The summed E-state index contributed by atoms with van der Waals surface area (Å²) in [6.07, 6.45) is 2.24. The fourth-order valence-electron chi connectivity index (χ4n) is 3.75. The van der Waals surface area contributed by atoms with E-state index in [-0.39, 0.29) is 11.4 Å². The van der Waals surface area contributed by atoms with Gasteiger partial charge in [0.2, 0.25) is 0 Å². The monoisotopic (exact) mass is 518 g/mol. The first-order valence-electron chi connectivity index (χ1n) is 12.5. The van der Waals surface area contributed by atoms with E-state index in [2.05, 4.69) is 32.3 Å². The number of nitro groups is 1. The van der Waals surface area contributed by atoms with Gasteiger partial charge in [0.15, 0.2) is 5.69 Å². The van der Waals surface area contributed by atoms with Crippen molar-refractivity contribution in [3.8, 4) is 5.75 Å². The second-order valence-electron chi connectivity index (χ2n) is 8.81. The van der Waals surface area contributed by atoms with E-state index in [9.17, 15) is 10.1 Å². The Bertz CT molecular complexity index is 1280. The molecular formula is C28H34N6O4. The van der Waals surface area contributed by atoms with Crippen molar-refractivity contribution in [3.05, 3.63) is 75.8 Å². The third kappa shape index (κ3) is 7.66. The van der Waals surface area contributed by atoms with Crippen LogP contribution >= 0.6 is 0 Å². The zero-order chi connectivity index (χ0) is 27.5. The molecule has 0 heterocycles. The molecule has 0 aliphatic carbocycles. The molecule has 0 atom stereocenters. The molecule has 10 heteroatoms. The Morgan fingerprint density at radius 3 is 2.24 bits per heavy atom. The second kappa shape index (κ2) is 13.9. The molecule has 200 valence electrons. The predicted octanol–water partition coefficient (Wildman–Crippen LogP) is 8.30. The minimum absolute atomic E-state index is 0.0954. The van der Waals surface area contributed by atoms with Gasteiger partial charge in [-0.3, -0.25) is 10.1 Å². The molecule has 0 spiro atoms. The number of azo groups is 2. The average Bonchev–Trinajstić information content (AvgIpc) is 2.92. The number of nitro benzene ring substituents is 1. The van der Waals surface area contributed by atoms with E-state index >= 15 is 0 Å². The smallest absolute Gasteiger partial charge is 0.296 e. The summed E-state index contributed by atoms with van der Waals surface area (Å²) in [6.45, 7) is 8.29. The summed E-state index contributed by atoms with van der Waals surface area (Å²) < 4.78 is 10.8. The van der Waals surface area contributed by atoms with Gasteiger partial charge in [-0.2, -0.15) is 5.11 Å². The molecule has 0 saturated heterocycles. The van der Waals surface area contributed by atoms with Crippen LogP contribution < -0.4 is 9.64 Å². The topological polar surface area (TPSA) is 114 Å². The zero-order valence-corrected chi connectivity index (χ0v) is 22.5. The van der Waals surface area contributed by atoms with Crippen LogP contribution in [0.15, 0.2) is 75.1 Å². The Labute approximate surface area is 223 Å². The standard InChI is InChI=1S/C28H34N6O4/c1-6-7-14-33(15-16-37-4)23-11-9-22(10-12-23)29-32-26-18-21(3)25(19-28(26)38-5)31-30-24-13-8-20(2)17-27(24)34(35)36/h8-13,17-19H,6-7,14-16H2,1-5H3. The first-order chi connectivity index (χ1) is 18.4. The summed E-state index contributed by atoms with van der Waals surface area (Å²) in [6, 6.07) is 16.2. The average molecular weight is 519 g/mol. The van der Waals surface area contributed by atoms with Crippen LogP contribution in [0.2, 0.25) is 0 Å². The van der Waals surface area contributed by atoms with E-state index in [4.69, 9.17) is 9.47 Å². The quantitative estimate of drug-likeness (QED) is 0.128. The lowest BCUT2D eigenvalue weighted by atomic mass is 10.1. The molecule has 0 unspecified atom stereocenters. The minimum atomic E-state index is -0.465. The summed E-state index contributed by atoms with van der Waals surface area (Å²) in [7, 11) is 3.25. The minimum Gasteiger partial charge on any atom is -0.494 e. The van der Waals surface area contributed by atoms with E-state index in [1.807, 2.05) is 31.2 Å². The highest BCUT2D eigenvalue weighted by Crippen LogP contribution is 2.37. The van der Waals surface area contributed by atoms with Gasteiger partial charge in [-0.25, -0.2) is 0 Å². The molecule has 0 radical (unpaired) electrons. The van der Waals surface area contributed by atoms with E-state index in [0.29, 0.717) is 29.4 Å². The molecule has 0 bridgehead atoms. The highest BCUT2D eigenvalue weighted by Gasteiger charge is 2.14. The van der Waals surface area contributed by atoms with Crippen LogP contribution in [0.3, 0.4) is 0 Å². The summed E-state index contributed by atoms with van der Waals surface area (Å²) >= 11 is 0. The van der Waals surface area contributed by atoms with Gasteiger partial charge in [-0.1, -0.05) is 19.4 Å². The number of methoxy groups -OCH3 is 2.